The fraction of sp³-hybridized carbons (Fsp3) is 0.562. The summed E-state index contributed by atoms with van der Waals surface area (Å²) in [6, 6.07) is 10.1. The highest BCUT2D eigenvalue weighted by Crippen LogP contribution is 1.99. The SMILES string of the molecule is O=C(NCCCOCCc1ccccc1)C1COCCN1. The second-order valence-electron chi connectivity index (χ2n) is 5.07. The number of carbonyl (C=O) groups is 1. The summed E-state index contributed by atoms with van der Waals surface area (Å²) in [7, 11) is 0. The molecule has 21 heavy (non-hydrogen) atoms. The van der Waals surface area contributed by atoms with E-state index in [4.69, 9.17) is 9.47 Å². The molecule has 1 fully saturated rings. The zero-order valence-corrected chi connectivity index (χ0v) is 12.3. The van der Waals surface area contributed by atoms with Crippen LogP contribution >= 0.6 is 0 Å². The summed E-state index contributed by atoms with van der Waals surface area (Å²) in [6.45, 7) is 3.90. The number of rotatable bonds is 8. The van der Waals surface area contributed by atoms with Gasteiger partial charge in [0.25, 0.3) is 0 Å². The first kappa shape index (κ1) is 15.9. The normalized spacial score (nSPS) is 18.4. The monoisotopic (exact) mass is 292 g/mol. The number of hydrogen-bond acceptors (Lipinski definition) is 4. The minimum atomic E-state index is -0.210. The van der Waals surface area contributed by atoms with Gasteiger partial charge in [-0.05, 0) is 18.4 Å². The van der Waals surface area contributed by atoms with E-state index in [-0.39, 0.29) is 11.9 Å². The Morgan fingerprint density at radius 3 is 2.95 bits per heavy atom. The highest BCUT2D eigenvalue weighted by atomic mass is 16.5. The summed E-state index contributed by atoms with van der Waals surface area (Å²) in [6.07, 6.45) is 1.75. The van der Waals surface area contributed by atoms with Gasteiger partial charge in [-0.3, -0.25) is 4.79 Å². The van der Waals surface area contributed by atoms with Crippen molar-refractivity contribution in [3.05, 3.63) is 35.9 Å². The molecule has 1 saturated heterocycles. The van der Waals surface area contributed by atoms with Crippen LogP contribution in [0.4, 0.5) is 0 Å². The van der Waals surface area contributed by atoms with E-state index in [0.29, 0.717) is 26.4 Å². The third-order valence-electron chi connectivity index (χ3n) is 3.38. The van der Waals surface area contributed by atoms with Crippen molar-refractivity contribution in [1.29, 1.82) is 0 Å². The van der Waals surface area contributed by atoms with Gasteiger partial charge in [0.2, 0.25) is 5.91 Å². The molecule has 5 heteroatoms. The summed E-state index contributed by atoms with van der Waals surface area (Å²) in [5.74, 6) is 0.0129. The first-order valence-corrected chi connectivity index (χ1v) is 7.57. The van der Waals surface area contributed by atoms with E-state index in [0.717, 1.165) is 26.0 Å². The van der Waals surface area contributed by atoms with Crippen molar-refractivity contribution in [2.24, 2.45) is 0 Å². The Labute approximate surface area is 126 Å². The standard InChI is InChI=1S/C16H24N2O3/c19-16(15-13-21-12-9-17-15)18-8-4-10-20-11-7-14-5-2-1-3-6-14/h1-3,5-6,15,17H,4,7-13H2,(H,18,19). The largest absolute Gasteiger partial charge is 0.381 e. The van der Waals surface area contributed by atoms with Crippen LogP contribution in [-0.2, 0) is 20.7 Å². The van der Waals surface area contributed by atoms with E-state index < -0.39 is 0 Å². The molecule has 1 unspecified atom stereocenters. The molecule has 1 atom stereocenters. The van der Waals surface area contributed by atoms with Gasteiger partial charge < -0.3 is 20.1 Å². The van der Waals surface area contributed by atoms with Crippen LogP contribution in [0.1, 0.15) is 12.0 Å². The van der Waals surface area contributed by atoms with Crippen molar-refractivity contribution in [2.45, 2.75) is 18.9 Å². The Morgan fingerprint density at radius 1 is 1.33 bits per heavy atom. The molecule has 0 aromatic heterocycles. The lowest BCUT2D eigenvalue weighted by Crippen LogP contribution is -2.51. The van der Waals surface area contributed by atoms with Gasteiger partial charge >= 0.3 is 0 Å². The van der Waals surface area contributed by atoms with Gasteiger partial charge in [-0.2, -0.15) is 0 Å². The second kappa shape index (κ2) is 9.50. The summed E-state index contributed by atoms with van der Waals surface area (Å²) in [5, 5.41) is 6.03. The van der Waals surface area contributed by atoms with Crippen LogP contribution in [0.3, 0.4) is 0 Å². The minimum absolute atomic E-state index is 0.0129. The number of nitrogens with one attached hydrogen (secondary N) is 2. The summed E-state index contributed by atoms with van der Waals surface area (Å²) in [5.41, 5.74) is 1.29. The van der Waals surface area contributed by atoms with E-state index in [1.165, 1.54) is 5.56 Å². The molecule has 116 valence electrons. The van der Waals surface area contributed by atoms with Crippen LogP contribution in [0, 0.1) is 0 Å². The molecule has 0 spiro atoms. The van der Waals surface area contributed by atoms with Gasteiger partial charge in [-0.1, -0.05) is 30.3 Å². The first-order valence-electron chi connectivity index (χ1n) is 7.57. The average Bonchev–Trinajstić information content (AvgIpc) is 2.55. The summed E-state index contributed by atoms with van der Waals surface area (Å²) in [4.78, 5) is 11.8. The average molecular weight is 292 g/mol. The summed E-state index contributed by atoms with van der Waals surface area (Å²) < 4.78 is 10.8. The molecule has 0 radical (unpaired) electrons. The molecular formula is C16H24N2O3. The molecule has 1 aliphatic rings. The Kier molecular flexibility index (Phi) is 7.21. The van der Waals surface area contributed by atoms with Crippen LogP contribution in [0.25, 0.3) is 0 Å². The highest BCUT2D eigenvalue weighted by Gasteiger charge is 2.20. The van der Waals surface area contributed by atoms with E-state index in [1.54, 1.807) is 0 Å². The Hall–Kier alpha value is -1.43. The predicted octanol–water partition coefficient (Wildman–Crippen LogP) is 0.740. The van der Waals surface area contributed by atoms with Crippen molar-refractivity contribution < 1.29 is 14.3 Å². The molecule has 5 nitrogen and oxygen atoms in total. The zero-order chi connectivity index (χ0) is 14.8. The second-order valence-corrected chi connectivity index (χ2v) is 5.07. The number of amides is 1. The first-order chi connectivity index (χ1) is 10.4. The van der Waals surface area contributed by atoms with Gasteiger partial charge in [-0.25, -0.2) is 0 Å². The number of hydrogen-bond donors (Lipinski definition) is 2. The Morgan fingerprint density at radius 2 is 2.19 bits per heavy atom. The smallest absolute Gasteiger partial charge is 0.239 e. The van der Waals surface area contributed by atoms with Crippen molar-refractivity contribution in [2.75, 3.05) is 39.5 Å². The van der Waals surface area contributed by atoms with Crippen molar-refractivity contribution in [3.8, 4) is 0 Å². The quantitative estimate of drug-likeness (QED) is 0.694. The van der Waals surface area contributed by atoms with Gasteiger partial charge in [0.1, 0.15) is 6.04 Å². The number of ether oxygens (including phenoxy) is 2. The summed E-state index contributed by atoms with van der Waals surface area (Å²) >= 11 is 0. The van der Waals surface area contributed by atoms with Crippen molar-refractivity contribution >= 4 is 5.91 Å². The molecule has 0 saturated carbocycles. The lowest BCUT2D eigenvalue weighted by Gasteiger charge is -2.22. The predicted molar refractivity (Wildman–Crippen MR) is 81.2 cm³/mol. The van der Waals surface area contributed by atoms with Crippen LogP contribution < -0.4 is 10.6 Å². The molecule has 0 bridgehead atoms. The van der Waals surface area contributed by atoms with Gasteiger partial charge in [0.05, 0.1) is 19.8 Å². The van der Waals surface area contributed by atoms with Gasteiger partial charge in [-0.15, -0.1) is 0 Å². The van der Waals surface area contributed by atoms with E-state index in [9.17, 15) is 4.79 Å². The Bertz CT molecular complexity index is 405. The third kappa shape index (κ3) is 6.25. The highest BCUT2D eigenvalue weighted by molar-refractivity contribution is 5.81. The lowest BCUT2D eigenvalue weighted by atomic mass is 10.2. The molecule has 0 aliphatic carbocycles. The topological polar surface area (TPSA) is 59.6 Å². The molecule has 1 amide bonds. The molecule has 2 N–H and O–H groups in total. The van der Waals surface area contributed by atoms with Gasteiger partial charge in [0, 0.05) is 19.7 Å². The maximum Gasteiger partial charge on any atom is 0.239 e. The molecule has 2 rings (SSSR count). The maximum absolute atomic E-state index is 11.8. The fourth-order valence-corrected chi connectivity index (χ4v) is 2.18. The maximum atomic E-state index is 11.8. The number of morpholine rings is 1. The van der Waals surface area contributed by atoms with Gasteiger partial charge in [0.15, 0.2) is 0 Å². The van der Waals surface area contributed by atoms with Crippen LogP contribution in [-0.4, -0.2) is 51.5 Å². The van der Waals surface area contributed by atoms with Crippen LogP contribution in [0.5, 0.6) is 0 Å². The van der Waals surface area contributed by atoms with Crippen LogP contribution in [0.15, 0.2) is 30.3 Å². The van der Waals surface area contributed by atoms with E-state index in [1.807, 2.05) is 18.2 Å². The number of benzene rings is 1. The van der Waals surface area contributed by atoms with Crippen molar-refractivity contribution in [1.82, 2.24) is 10.6 Å². The molecule has 1 aliphatic heterocycles. The zero-order valence-electron chi connectivity index (χ0n) is 12.3. The van der Waals surface area contributed by atoms with E-state index >= 15 is 0 Å². The molecule has 1 aromatic rings. The van der Waals surface area contributed by atoms with Crippen molar-refractivity contribution in [3.63, 3.8) is 0 Å². The lowest BCUT2D eigenvalue weighted by molar-refractivity contribution is -0.125. The molecular weight excluding hydrogens is 268 g/mol. The Balaban J connectivity index is 1.45. The number of carbonyl (C=O) groups excluding carboxylic acids is 1. The third-order valence-corrected chi connectivity index (χ3v) is 3.38. The fourth-order valence-electron chi connectivity index (χ4n) is 2.18. The minimum Gasteiger partial charge on any atom is -0.381 e. The van der Waals surface area contributed by atoms with Crippen LogP contribution in [0.2, 0.25) is 0 Å². The molecule has 1 heterocycles. The molecule has 1 aromatic carbocycles. The van der Waals surface area contributed by atoms with E-state index in [2.05, 4.69) is 22.8 Å².